The Labute approximate surface area is 177 Å². The second kappa shape index (κ2) is 9.08. The molecule has 7 nitrogen and oxygen atoms in total. The molecule has 0 aromatic heterocycles. The SMILES string of the molecule is O=C(N/N=C/c1cccc(OC(=O)c2cccc(F)c2)c1)c1ccc2c(c1)OCCO2. The molecule has 3 aromatic rings. The Balaban J connectivity index is 1.38. The van der Waals surface area contributed by atoms with Crippen LogP contribution in [0.2, 0.25) is 0 Å². The molecule has 31 heavy (non-hydrogen) atoms. The first kappa shape index (κ1) is 20.1. The van der Waals surface area contributed by atoms with Crippen molar-refractivity contribution in [3.05, 3.63) is 89.2 Å². The molecule has 0 bridgehead atoms. The molecule has 1 amide bonds. The van der Waals surface area contributed by atoms with Crippen LogP contribution in [0.25, 0.3) is 0 Å². The molecule has 0 spiro atoms. The fourth-order valence-corrected chi connectivity index (χ4v) is 2.85. The zero-order valence-corrected chi connectivity index (χ0v) is 16.2. The average molecular weight is 420 g/mol. The number of benzene rings is 3. The maximum atomic E-state index is 13.3. The van der Waals surface area contributed by atoms with Gasteiger partial charge in [-0.3, -0.25) is 4.79 Å². The summed E-state index contributed by atoms with van der Waals surface area (Å²) in [6.07, 6.45) is 1.41. The molecule has 0 atom stereocenters. The Morgan fingerprint density at radius 1 is 0.935 bits per heavy atom. The van der Waals surface area contributed by atoms with Crippen molar-refractivity contribution < 1.29 is 28.2 Å². The quantitative estimate of drug-likeness (QED) is 0.295. The number of carbonyl (C=O) groups is 2. The van der Waals surface area contributed by atoms with E-state index in [0.717, 1.165) is 6.07 Å². The number of hydrazone groups is 1. The van der Waals surface area contributed by atoms with Crippen molar-refractivity contribution in [2.24, 2.45) is 5.10 Å². The highest BCUT2D eigenvalue weighted by Gasteiger charge is 2.14. The van der Waals surface area contributed by atoms with Gasteiger partial charge in [0.1, 0.15) is 24.8 Å². The molecule has 1 N–H and O–H groups in total. The molecule has 0 radical (unpaired) electrons. The Hall–Kier alpha value is -4.20. The predicted molar refractivity (Wildman–Crippen MR) is 110 cm³/mol. The van der Waals surface area contributed by atoms with E-state index in [1.54, 1.807) is 42.5 Å². The smallest absolute Gasteiger partial charge is 0.343 e. The van der Waals surface area contributed by atoms with Gasteiger partial charge in [-0.25, -0.2) is 14.6 Å². The number of hydrogen-bond acceptors (Lipinski definition) is 6. The first-order valence-electron chi connectivity index (χ1n) is 9.39. The molecule has 0 saturated carbocycles. The minimum absolute atomic E-state index is 0.103. The summed E-state index contributed by atoms with van der Waals surface area (Å²) in [5, 5.41) is 3.93. The summed E-state index contributed by atoms with van der Waals surface area (Å²) in [5.74, 6) is -0.255. The summed E-state index contributed by atoms with van der Waals surface area (Å²) >= 11 is 0. The van der Waals surface area contributed by atoms with Crippen LogP contribution >= 0.6 is 0 Å². The van der Waals surface area contributed by atoms with Crippen LogP contribution in [0.4, 0.5) is 4.39 Å². The fraction of sp³-hybridized carbons (Fsp3) is 0.0870. The molecule has 0 unspecified atom stereocenters. The third kappa shape index (κ3) is 5.05. The Morgan fingerprint density at radius 3 is 2.58 bits per heavy atom. The van der Waals surface area contributed by atoms with Gasteiger partial charge in [-0.2, -0.15) is 5.10 Å². The van der Waals surface area contributed by atoms with E-state index in [0.29, 0.717) is 35.8 Å². The van der Waals surface area contributed by atoms with Gasteiger partial charge in [0.2, 0.25) is 0 Å². The average Bonchev–Trinajstić information content (AvgIpc) is 2.79. The van der Waals surface area contributed by atoms with Gasteiger partial charge in [0, 0.05) is 5.56 Å². The third-order valence-electron chi connectivity index (χ3n) is 4.31. The summed E-state index contributed by atoms with van der Waals surface area (Å²) in [7, 11) is 0. The second-order valence-electron chi connectivity index (χ2n) is 6.53. The van der Waals surface area contributed by atoms with E-state index in [1.165, 1.54) is 24.4 Å². The maximum absolute atomic E-state index is 13.3. The first-order valence-corrected chi connectivity index (χ1v) is 9.39. The number of carbonyl (C=O) groups excluding carboxylic acids is 2. The normalized spacial score (nSPS) is 12.4. The standard InChI is InChI=1S/C23H17FN2O5/c24-18-5-2-4-17(12-18)23(28)31-19-6-1-3-15(11-19)14-25-26-22(27)16-7-8-20-21(13-16)30-10-9-29-20/h1-8,11-14H,9-10H2,(H,26,27)/b25-14+. The number of esters is 1. The summed E-state index contributed by atoms with van der Waals surface area (Å²) in [4.78, 5) is 24.4. The number of rotatable bonds is 5. The van der Waals surface area contributed by atoms with Crippen LogP contribution in [-0.4, -0.2) is 31.3 Å². The van der Waals surface area contributed by atoms with Crippen molar-refractivity contribution >= 4 is 18.1 Å². The molecule has 1 aliphatic heterocycles. The van der Waals surface area contributed by atoms with E-state index in [9.17, 15) is 14.0 Å². The monoisotopic (exact) mass is 420 g/mol. The van der Waals surface area contributed by atoms with Crippen molar-refractivity contribution in [3.8, 4) is 17.2 Å². The van der Waals surface area contributed by atoms with Crippen LogP contribution in [0.15, 0.2) is 71.8 Å². The number of amides is 1. The molecule has 156 valence electrons. The van der Waals surface area contributed by atoms with Crippen molar-refractivity contribution in [3.63, 3.8) is 0 Å². The minimum Gasteiger partial charge on any atom is -0.486 e. The fourth-order valence-electron chi connectivity index (χ4n) is 2.85. The molecule has 0 aliphatic carbocycles. The number of hydrogen-bond donors (Lipinski definition) is 1. The number of nitrogens with zero attached hydrogens (tertiary/aromatic N) is 1. The maximum Gasteiger partial charge on any atom is 0.343 e. The zero-order valence-electron chi connectivity index (χ0n) is 16.2. The Morgan fingerprint density at radius 2 is 1.74 bits per heavy atom. The van der Waals surface area contributed by atoms with Gasteiger partial charge in [-0.1, -0.05) is 18.2 Å². The molecule has 0 saturated heterocycles. The van der Waals surface area contributed by atoms with Gasteiger partial charge in [0.05, 0.1) is 11.8 Å². The lowest BCUT2D eigenvalue weighted by atomic mass is 10.2. The molecule has 8 heteroatoms. The van der Waals surface area contributed by atoms with E-state index >= 15 is 0 Å². The summed E-state index contributed by atoms with van der Waals surface area (Å²) in [6.45, 7) is 0.899. The topological polar surface area (TPSA) is 86.2 Å². The predicted octanol–water partition coefficient (Wildman–Crippen LogP) is 3.58. The highest BCUT2D eigenvalue weighted by Crippen LogP contribution is 2.30. The lowest BCUT2D eigenvalue weighted by Gasteiger charge is -2.18. The van der Waals surface area contributed by atoms with Gasteiger partial charge in [-0.15, -0.1) is 0 Å². The van der Waals surface area contributed by atoms with Gasteiger partial charge in [0.15, 0.2) is 11.5 Å². The van der Waals surface area contributed by atoms with Gasteiger partial charge >= 0.3 is 5.97 Å². The van der Waals surface area contributed by atoms with Crippen molar-refractivity contribution in [1.29, 1.82) is 0 Å². The van der Waals surface area contributed by atoms with E-state index in [1.807, 2.05) is 0 Å². The van der Waals surface area contributed by atoms with Crippen LogP contribution < -0.4 is 19.6 Å². The van der Waals surface area contributed by atoms with E-state index < -0.39 is 17.7 Å². The Bertz CT molecular complexity index is 1160. The van der Waals surface area contributed by atoms with E-state index in [-0.39, 0.29) is 11.3 Å². The first-order chi connectivity index (χ1) is 15.1. The molecular formula is C23H17FN2O5. The largest absolute Gasteiger partial charge is 0.486 e. The van der Waals surface area contributed by atoms with E-state index in [2.05, 4.69) is 10.5 Å². The molecule has 1 heterocycles. The lowest BCUT2D eigenvalue weighted by Crippen LogP contribution is -2.19. The van der Waals surface area contributed by atoms with Crippen LogP contribution in [0.3, 0.4) is 0 Å². The summed E-state index contributed by atoms with van der Waals surface area (Å²) in [5.41, 5.74) is 3.50. The third-order valence-corrected chi connectivity index (χ3v) is 4.31. The molecule has 4 rings (SSSR count). The molecule has 3 aromatic carbocycles. The Kier molecular flexibility index (Phi) is 5.89. The van der Waals surface area contributed by atoms with Crippen molar-refractivity contribution in [1.82, 2.24) is 5.43 Å². The number of fused-ring (bicyclic) bond motifs is 1. The van der Waals surface area contributed by atoms with Crippen LogP contribution in [0.5, 0.6) is 17.2 Å². The van der Waals surface area contributed by atoms with Crippen molar-refractivity contribution in [2.75, 3.05) is 13.2 Å². The van der Waals surface area contributed by atoms with Gasteiger partial charge in [-0.05, 0) is 54.1 Å². The van der Waals surface area contributed by atoms with Crippen LogP contribution in [0.1, 0.15) is 26.3 Å². The second-order valence-corrected chi connectivity index (χ2v) is 6.53. The summed E-state index contributed by atoms with van der Waals surface area (Å²) in [6, 6.07) is 16.6. The highest BCUT2D eigenvalue weighted by molar-refractivity contribution is 5.95. The zero-order chi connectivity index (χ0) is 21.6. The van der Waals surface area contributed by atoms with E-state index in [4.69, 9.17) is 14.2 Å². The molecular weight excluding hydrogens is 403 g/mol. The van der Waals surface area contributed by atoms with Crippen molar-refractivity contribution in [2.45, 2.75) is 0 Å². The molecule has 0 fully saturated rings. The van der Waals surface area contributed by atoms with Crippen LogP contribution in [-0.2, 0) is 0 Å². The van der Waals surface area contributed by atoms with Gasteiger partial charge < -0.3 is 14.2 Å². The minimum atomic E-state index is -0.680. The highest BCUT2D eigenvalue weighted by atomic mass is 19.1. The number of nitrogens with one attached hydrogen (secondary N) is 1. The lowest BCUT2D eigenvalue weighted by molar-refractivity contribution is 0.0734. The summed E-state index contributed by atoms with van der Waals surface area (Å²) < 4.78 is 29.4. The number of halogens is 1. The number of ether oxygens (including phenoxy) is 3. The molecule has 1 aliphatic rings. The van der Waals surface area contributed by atoms with Crippen LogP contribution in [0, 0.1) is 5.82 Å². The van der Waals surface area contributed by atoms with Gasteiger partial charge in [0.25, 0.3) is 5.91 Å².